The minimum atomic E-state index is -0.259. The van der Waals surface area contributed by atoms with Gasteiger partial charge in [0.2, 0.25) is 0 Å². The number of nitrogens with two attached hydrogens (primary N) is 1. The molecule has 0 aromatic rings. The maximum absolute atomic E-state index is 10.2. The standard InChI is InChI=1S/C5H10N2O2/c1-7-5(2-8)4(6)3-9-7/h2,4-5H,3,6H2,1H3/t4-,5?/m0/s1. The van der Waals surface area contributed by atoms with E-state index in [0.717, 1.165) is 6.29 Å². The number of carbonyl (C=O) groups excluding carboxylic acids is 1. The van der Waals surface area contributed by atoms with Crippen LogP contribution in [0.25, 0.3) is 0 Å². The summed E-state index contributed by atoms with van der Waals surface area (Å²) >= 11 is 0. The molecule has 4 heteroatoms. The number of carbonyl (C=O) groups is 1. The van der Waals surface area contributed by atoms with Crippen LogP contribution in [0.4, 0.5) is 0 Å². The summed E-state index contributed by atoms with van der Waals surface area (Å²) in [5, 5.41) is 1.48. The third-order valence-corrected chi connectivity index (χ3v) is 1.47. The molecule has 0 bridgehead atoms. The van der Waals surface area contributed by atoms with Gasteiger partial charge in [0, 0.05) is 7.05 Å². The Morgan fingerprint density at radius 1 is 1.89 bits per heavy atom. The van der Waals surface area contributed by atoms with Crippen molar-refractivity contribution in [1.29, 1.82) is 0 Å². The van der Waals surface area contributed by atoms with Crippen molar-refractivity contribution < 1.29 is 9.63 Å². The maximum Gasteiger partial charge on any atom is 0.141 e. The second-order valence-corrected chi connectivity index (χ2v) is 2.13. The van der Waals surface area contributed by atoms with Gasteiger partial charge < -0.3 is 10.5 Å². The molecule has 1 heterocycles. The molecule has 1 rings (SSSR count). The lowest BCUT2D eigenvalue weighted by Gasteiger charge is -2.11. The predicted octanol–water partition coefficient (Wildman–Crippen LogP) is -1.24. The zero-order valence-electron chi connectivity index (χ0n) is 5.28. The van der Waals surface area contributed by atoms with E-state index in [1.807, 2.05) is 0 Å². The van der Waals surface area contributed by atoms with E-state index >= 15 is 0 Å². The van der Waals surface area contributed by atoms with Crippen LogP contribution in [0.2, 0.25) is 0 Å². The van der Waals surface area contributed by atoms with E-state index < -0.39 is 0 Å². The summed E-state index contributed by atoms with van der Waals surface area (Å²) in [5.41, 5.74) is 5.48. The zero-order valence-corrected chi connectivity index (χ0v) is 5.28. The highest BCUT2D eigenvalue weighted by atomic mass is 16.7. The average Bonchev–Trinajstić information content (AvgIpc) is 2.12. The molecule has 0 aromatic heterocycles. The first-order chi connectivity index (χ1) is 4.25. The molecule has 52 valence electrons. The van der Waals surface area contributed by atoms with Gasteiger partial charge in [0.15, 0.2) is 0 Å². The van der Waals surface area contributed by atoms with Crippen molar-refractivity contribution in [3.8, 4) is 0 Å². The maximum atomic E-state index is 10.2. The van der Waals surface area contributed by atoms with Gasteiger partial charge in [-0.05, 0) is 0 Å². The Morgan fingerprint density at radius 3 is 2.78 bits per heavy atom. The SMILES string of the molecule is CN1OC[C@H](N)C1C=O. The molecular weight excluding hydrogens is 120 g/mol. The van der Waals surface area contributed by atoms with Gasteiger partial charge in [-0.2, -0.15) is 5.06 Å². The summed E-state index contributed by atoms with van der Waals surface area (Å²) in [4.78, 5) is 15.2. The quantitative estimate of drug-likeness (QED) is 0.451. The lowest BCUT2D eigenvalue weighted by molar-refractivity contribution is -0.131. The van der Waals surface area contributed by atoms with E-state index in [2.05, 4.69) is 0 Å². The smallest absolute Gasteiger partial charge is 0.141 e. The molecule has 0 saturated carbocycles. The monoisotopic (exact) mass is 130 g/mol. The van der Waals surface area contributed by atoms with Gasteiger partial charge in [0.1, 0.15) is 12.3 Å². The molecule has 1 unspecified atom stereocenters. The molecule has 4 nitrogen and oxygen atoms in total. The van der Waals surface area contributed by atoms with Gasteiger partial charge in [0.25, 0.3) is 0 Å². The van der Waals surface area contributed by atoms with Crippen LogP contribution in [0.5, 0.6) is 0 Å². The van der Waals surface area contributed by atoms with Gasteiger partial charge in [0.05, 0.1) is 12.6 Å². The average molecular weight is 130 g/mol. The number of aldehydes is 1. The number of rotatable bonds is 1. The molecule has 2 N–H and O–H groups in total. The summed E-state index contributed by atoms with van der Waals surface area (Å²) in [6.45, 7) is 0.444. The van der Waals surface area contributed by atoms with E-state index in [-0.39, 0.29) is 12.1 Å². The summed E-state index contributed by atoms with van der Waals surface area (Å²) in [6.07, 6.45) is 0.803. The number of hydrogen-bond acceptors (Lipinski definition) is 4. The van der Waals surface area contributed by atoms with Crippen molar-refractivity contribution in [2.75, 3.05) is 13.7 Å². The molecule has 1 aliphatic rings. The van der Waals surface area contributed by atoms with Crippen LogP contribution in [0.1, 0.15) is 0 Å². The molecule has 0 amide bonds. The molecule has 1 fully saturated rings. The first-order valence-corrected chi connectivity index (χ1v) is 2.82. The summed E-state index contributed by atoms with van der Waals surface area (Å²) in [5.74, 6) is 0. The minimum Gasteiger partial charge on any atom is -0.324 e. The minimum absolute atomic E-state index is 0.160. The van der Waals surface area contributed by atoms with E-state index in [1.54, 1.807) is 7.05 Å². The summed E-state index contributed by atoms with van der Waals surface area (Å²) in [6, 6.07) is -0.419. The second-order valence-electron chi connectivity index (χ2n) is 2.13. The van der Waals surface area contributed by atoms with Crippen molar-refractivity contribution in [3.05, 3.63) is 0 Å². The third-order valence-electron chi connectivity index (χ3n) is 1.47. The molecular formula is C5H10N2O2. The van der Waals surface area contributed by atoms with Gasteiger partial charge in [-0.15, -0.1) is 0 Å². The van der Waals surface area contributed by atoms with Crippen LogP contribution < -0.4 is 5.73 Å². The highest BCUT2D eigenvalue weighted by Crippen LogP contribution is 2.07. The van der Waals surface area contributed by atoms with Crippen LogP contribution in [-0.2, 0) is 9.63 Å². The number of hydroxylamine groups is 2. The normalized spacial score (nSPS) is 37.1. The first kappa shape index (κ1) is 6.67. The molecule has 0 radical (unpaired) electrons. The van der Waals surface area contributed by atoms with E-state index in [1.165, 1.54) is 5.06 Å². The molecule has 1 saturated heterocycles. The number of hydrogen-bond donors (Lipinski definition) is 1. The van der Waals surface area contributed by atoms with E-state index in [4.69, 9.17) is 10.6 Å². The Bertz CT molecular complexity index is 108. The largest absolute Gasteiger partial charge is 0.324 e. The fourth-order valence-electron chi connectivity index (χ4n) is 0.845. The highest BCUT2D eigenvalue weighted by Gasteiger charge is 2.29. The van der Waals surface area contributed by atoms with Gasteiger partial charge in [-0.1, -0.05) is 0 Å². The van der Waals surface area contributed by atoms with Crippen LogP contribution in [0, 0.1) is 0 Å². The lowest BCUT2D eigenvalue weighted by Crippen LogP contribution is -2.39. The Balaban J connectivity index is 2.54. The predicted molar refractivity (Wildman–Crippen MR) is 31.5 cm³/mol. The molecule has 0 aliphatic carbocycles. The van der Waals surface area contributed by atoms with Crippen molar-refractivity contribution >= 4 is 6.29 Å². The number of nitrogens with zero attached hydrogens (tertiary/aromatic N) is 1. The molecule has 2 atom stereocenters. The van der Waals surface area contributed by atoms with Crippen LogP contribution >= 0.6 is 0 Å². The van der Waals surface area contributed by atoms with Crippen LogP contribution in [-0.4, -0.2) is 37.1 Å². The zero-order chi connectivity index (χ0) is 6.85. The van der Waals surface area contributed by atoms with Gasteiger partial charge in [-0.3, -0.25) is 4.84 Å². The Kier molecular flexibility index (Phi) is 1.80. The molecule has 1 aliphatic heterocycles. The fourth-order valence-corrected chi connectivity index (χ4v) is 0.845. The van der Waals surface area contributed by atoms with E-state index in [9.17, 15) is 4.79 Å². The van der Waals surface area contributed by atoms with Gasteiger partial charge >= 0.3 is 0 Å². The summed E-state index contributed by atoms with van der Waals surface area (Å²) < 4.78 is 0. The van der Waals surface area contributed by atoms with E-state index in [0.29, 0.717) is 6.61 Å². The van der Waals surface area contributed by atoms with Crippen molar-refractivity contribution in [1.82, 2.24) is 5.06 Å². The first-order valence-electron chi connectivity index (χ1n) is 2.82. The number of likely N-dealkylation sites (N-methyl/N-ethyl adjacent to an activating group) is 1. The van der Waals surface area contributed by atoms with Crippen molar-refractivity contribution in [2.45, 2.75) is 12.1 Å². The third kappa shape index (κ3) is 1.10. The molecule has 0 aromatic carbocycles. The van der Waals surface area contributed by atoms with Crippen molar-refractivity contribution in [3.63, 3.8) is 0 Å². The summed E-state index contributed by atoms with van der Waals surface area (Å²) in [7, 11) is 1.70. The Labute approximate surface area is 53.5 Å². The molecule has 0 spiro atoms. The van der Waals surface area contributed by atoms with Crippen molar-refractivity contribution in [2.24, 2.45) is 5.73 Å². The lowest BCUT2D eigenvalue weighted by atomic mass is 10.2. The van der Waals surface area contributed by atoms with Gasteiger partial charge in [-0.25, -0.2) is 0 Å². The molecule has 9 heavy (non-hydrogen) atoms. The Hall–Kier alpha value is -0.450. The van der Waals surface area contributed by atoms with Crippen LogP contribution in [0.3, 0.4) is 0 Å². The topological polar surface area (TPSA) is 55.6 Å². The fraction of sp³-hybridized carbons (Fsp3) is 0.800. The highest BCUT2D eigenvalue weighted by molar-refractivity contribution is 5.59. The second kappa shape index (κ2) is 2.43. The Morgan fingerprint density at radius 2 is 2.56 bits per heavy atom. The van der Waals surface area contributed by atoms with Crippen LogP contribution in [0.15, 0.2) is 0 Å².